The fourth-order valence-electron chi connectivity index (χ4n) is 2.79. The first-order chi connectivity index (χ1) is 15.6. The Bertz CT molecular complexity index is 1230. The lowest BCUT2D eigenvalue weighted by Crippen LogP contribution is -2.01. The zero-order valence-electron chi connectivity index (χ0n) is 16.7. The monoisotopic (exact) mass is 582 g/mol. The van der Waals surface area contributed by atoms with Crippen LogP contribution in [0.25, 0.3) is 6.08 Å². The summed E-state index contributed by atoms with van der Waals surface area (Å²) < 4.78 is 11.2. The molecule has 0 N–H and O–H groups in total. The van der Waals surface area contributed by atoms with Gasteiger partial charge in [0.2, 0.25) is 0 Å². The molecule has 0 heterocycles. The normalized spacial score (nSPS) is 11.2. The van der Waals surface area contributed by atoms with Crippen LogP contribution in [0.5, 0.6) is 11.5 Å². The lowest BCUT2D eigenvalue weighted by atomic mass is 10.1. The van der Waals surface area contributed by atoms with Crippen molar-refractivity contribution in [1.29, 1.82) is 0 Å². The van der Waals surface area contributed by atoms with E-state index in [2.05, 4.69) is 0 Å². The van der Waals surface area contributed by atoms with Crippen molar-refractivity contribution in [2.75, 3.05) is 7.11 Å². The molecule has 0 fully saturated rings. The van der Waals surface area contributed by atoms with Crippen LogP contribution in [-0.2, 0) is 6.61 Å². The molecule has 0 aliphatic heterocycles. The molecule has 33 heavy (non-hydrogen) atoms. The third-order valence-corrected chi connectivity index (χ3v) is 7.46. The second-order valence-corrected chi connectivity index (χ2v) is 9.29. The standard InChI is InChI=1S/C23H13Cl7O3/c1-32-17-7-3-11(2-6-16(31)12-4-5-14(24)15(25)9-12)8-13(17)10-33-23-21(29)19(27)18(26)20(28)22(23)30/h2-9H,10H2,1H3/b6-2+. The molecule has 0 saturated heterocycles. The van der Waals surface area contributed by atoms with Gasteiger partial charge in [-0.2, -0.15) is 0 Å². The number of hydrogen-bond acceptors (Lipinski definition) is 3. The summed E-state index contributed by atoms with van der Waals surface area (Å²) in [6.45, 7) is 0.0271. The van der Waals surface area contributed by atoms with Crippen LogP contribution in [0.1, 0.15) is 21.5 Å². The third kappa shape index (κ3) is 6.04. The van der Waals surface area contributed by atoms with E-state index in [1.54, 1.807) is 36.4 Å². The van der Waals surface area contributed by atoms with Gasteiger partial charge in [-0.05, 0) is 42.0 Å². The van der Waals surface area contributed by atoms with Gasteiger partial charge in [0.05, 0.1) is 32.2 Å². The van der Waals surface area contributed by atoms with E-state index in [0.29, 0.717) is 26.9 Å². The molecule has 0 spiro atoms. The molecule has 3 nitrogen and oxygen atoms in total. The first-order valence-electron chi connectivity index (χ1n) is 9.12. The Labute approximate surface area is 225 Å². The quantitative estimate of drug-likeness (QED) is 0.120. The molecule has 172 valence electrons. The maximum Gasteiger partial charge on any atom is 0.185 e. The number of methoxy groups -OCH3 is 1. The van der Waals surface area contributed by atoms with Crippen molar-refractivity contribution in [3.8, 4) is 11.5 Å². The number of hydrogen-bond donors (Lipinski definition) is 0. The third-order valence-electron chi connectivity index (χ3n) is 4.48. The first-order valence-corrected chi connectivity index (χ1v) is 11.8. The Kier molecular flexibility index (Phi) is 9.10. The van der Waals surface area contributed by atoms with Crippen LogP contribution in [0, 0.1) is 0 Å². The van der Waals surface area contributed by atoms with E-state index in [1.165, 1.54) is 19.3 Å². The van der Waals surface area contributed by atoms with E-state index < -0.39 is 0 Å². The highest BCUT2D eigenvalue weighted by atomic mass is 35.5. The molecular weight excluding hydrogens is 572 g/mol. The Morgan fingerprint density at radius 1 is 0.818 bits per heavy atom. The molecule has 0 aromatic heterocycles. The molecule has 0 saturated carbocycles. The number of benzene rings is 3. The van der Waals surface area contributed by atoms with Gasteiger partial charge < -0.3 is 9.47 Å². The Morgan fingerprint density at radius 3 is 2.06 bits per heavy atom. The van der Waals surface area contributed by atoms with Gasteiger partial charge in [0, 0.05) is 11.1 Å². The molecule has 10 heteroatoms. The Balaban J connectivity index is 1.84. The van der Waals surface area contributed by atoms with Crippen molar-refractivity contribution in [2.24, 2.45) is 0 Å². The summed E-state index contributed by atoms with van der Waals surface area (Å²) in [5, 5.41) is 0.869. The van der Waals surface area contributed by atoms with Gasteiger partial charge in [-0.15, -0.1) is 0 Å². The fraction of sp³-hybridized carbons (Fsp3) is 0.0870. The summed E-state index contributed by atoms with van der Waals surface area (Å²) in [5.74, 6) is 0.420. The fourth-order valence-corrected chi connectivity index (χ4v) is 4.32. The highest BCUT2D eigenvalue weighted by molar-refractivity contribution is 6.55. The van der Waals surface area contributed by atoms with E-state index in [9.17, 15) is 4.79 Å². The van der Waals surface area contributed by atoms with Crippen molar-refractivity contribution in [3.63, 3.8) is 0 Å². The molecular formula is C23H13Cl7O3. The van der Waals surface area contributed by atoms with E-state index in [0.717, 1.165) is 5.56 Å². The van der Waals surface area contributed by atoms with Gasteiger partial charge in [-0.25, -0.2) is 0 Å². The minimum absolute atomic E-state index is 0.0271. The van der Waals surface area contributed by atoms with Gasteiger partial charge in [-0.3, -0.25) is 4.79 Å². The molecule has 0 unspecified atom stereocenters. The summed E-state index contributed by atoms with van der Waals surface area (Å²) in [6.07, 6.45) is 3.09. The van der Waals surface area contributed by atoms with E-state index in [-0.39, 0.29) is 43.3 Å². The molecule has 3 rings (SSSR count). The summed E-state index contributed by atoms with van der Waals surface area (Å²) in [6, 6.07) is 10.0. The van der Waals surface area contributed by atoms with E-state index in [1.807, 2.05) is 0 Å². The molecule has 0 aliphatic rings. The van der Waals surface area contributed by atoms with Gasteiger partial charge in [0.1, 0.15) is 22.4 Å². The molecule has 0 amide bonds. The van der Waals surface area contributed by atoms with Crippen molar-refractivity contribution < 1.29 is 14.3 Å². The smallest absolute Gasteiger partial charge is 0.185 e. The molecule has 3 aromatic carbocycles. The van der Waals surface area contributed by atoms with Crippen LogP contribution in [0.3, 0.4) is 0 Å². The summed E-state index contributed by atoms with van der Waals surface area (Å²) >= 11 is 42.5. The zero-order valence-corrected chi connectivity index (χ0v) is 22.0. The summed E-state index contributed by atoms with van der Waals surface area (Å²) in [4.78, 5) is 12.5. The average molecular weight is 586 g/mol. The average Bonchev–Trinajstić information content (AvgIpc) is 2.81. The Hall–Kier alpha value is -1.30. The molecule has 0 bridgehead atoms. The van der Waals surface area contributed by atoms with Crippen molar-refractivity contribution in [2.45, 2.75) is 6.61 Å². The maximum absolute atomic E-state index is 12.5. The molecule has 0 atom stereocenters. The number of carbonyl (C=O) groups excluding carboxylic acids is 1. The molecule has 0 aliphatic carbocycles. The number of rotatable bonds is 7. The lowest BCUT2D eigenvalue weighted by molar-refractivity contribution is 0.104. The number of carbonyl (C=O) groups is 1. The number of ketones is 1. The van der Waals surface area contributed by atoms with Crippen LogP contribution in [0.4, 0.5) is 0 Å². The second-order valence-electron chi connectivity index (χ2n) is 6.59. The van der Waals surface area contributed by atoms with Crippen LogP contribution in [0.2, 0.25) is 35.2 Å². The highest BCUT2D eigenvalue weighted by Gasteiger charge is 2.21. The highest BCUT2D eigenvalue weighted by Crippen LogP contribution is 2.48. The van der Waals surface area contributed by atoms with Crippen LogP contribution in [-0.4, -0.2) is 12.9 Å². The topological polar surface area (TPSA) is 35.5 Å². The predicted octanol–water partition coefficient (Wildman–Crippen LogP) is 9.74. The SMILES string of the molecule is COc1ccc(/C=C/C(=O)c2ccc(Cl)c(Cl)c2)cc1COc1c(Cl)c(Cl)c(Cl)c(Cl)c1Cl. The van der Waals surface area contributed by atoms with Crippen LogP contribution < -0.4 is 9.47 Å². The van der Waals surface area contributed by atoms with Crippen molar-refractivity contribution >= 4 is 93.1 Å². The van der Waals surface area contributed by atoms with Gasteiger partial charge in [0.15, 0.2) is 11.5 Å². The molecule has 3 aromatic rings. The minimum Gasteiger partial charge on any atom is -0.496 e. The zero-order chi connectivity index (χ0) is 24.3. The van der Waals surface area contributed by atoms with Gasteiger partial charge in [0.25, 0.3) is 0 Å². The van der Waals surface area contributed by atoms with E-state index >= 15 is 0 Å². The maximum atomic E-state index is 12.5. The van der Waals surface area contributed by atoms with E-state index in [4.69, 9.17) is 90.7 Å². The van der Waals surface area contributed by atoms with Gasteiger partial charge in [-0.1, -0.05) is 93.3 Å². The first kappa shape index (κ1) is 26.3. The largest absolute Gasteiger partial charge is 0.496 e. The summed E-state index contributed by atoms with van der Waals surface area (Å²) in [7, 11) is 1.53. The Morgan fingerprint density at radius 2 is 1.45 bits per heavy atom. The predicted molar refractivity (Wildman–Crippen MR) is 139 cm³/mol. The minimum atomic E-state index is -0.230. The van der Waals surface area contributed by atoms with Crippen molar-refractivity contribution in [1.82, 2.24) is 0 Å². The summed E-state index contributed by atoms with van der Waals surface area (Å²) in [5.41, 5.74) is 1.81. The van der Waals surface area contributed by atoms with Crippen LogP contribution in [0.15, 0.2) is 42.5 Å². The van der Waals surface area contributed by atoms with Gasteiger partial charge >= 0.3 is 0 Å². The second kappa shape index (κ2) is 11.4. The van der Waals surface area contributed by atoms with Crippen molar-refractivity contribution in [3.05, 3.63) is 94.3 Å². The molecule has 0 radical (unpaired) electrons. The number of ether oxygens (including phenoxy) is 2. The number of halogens is 7. The lowest BCUT2D eigenvalue weighted by Gasteiger charge is -2.15. The number of allylic oxidation sites excluding steroid dienone is 1. The van der Waals surface area contributed by atoms with Crippen LogP contribution >= 0.6 is 81.2 Å².